The summed E-state index contributed by atoms with van der Waals surface area (Å²) in [5, 5.41) is 2.62. The highest BCUT2D eigenvalue weighted by molar-refractivity contribution is 7.16. The largest absolute Gasteiger partial charge is 0.450 e. The minimum Gasteiger partial charge on any atom is -0.450 e. The molecule has 0 unspecified atom stereocenters. The molecule has 0 atom stereocenters. The van der Waals surface area contributed by atoms with Gasteiger partial charge in [-0.05, 0) is 50.5 Å². The molecule has 2 rings (SSSR count). The maximum Gasteiger partial charge on any atom is 0.416 e. The quantitative estimate of drug-likeness (QED) is 0.481. The van der Waals surface area contributed by atoms with E-state index in [1.165, 1.54) is 19.9 Å². The number of aryl methyl sites for hydroxylation is 2. The van der Waals surface area contributed by atoms with Crippen LogP contribution in [-0.4, -0.2) is 23.4 Å². The maximum atomic E-state index is 14.0. The highest BCUT2D eigenvalue weighted by Gasteiger charge is 2.33. The first kappa shape index (κ1) is 24.3. The minimum absolute atomic E-state index is 0.0138. The van der Waals surface area contributed by atoms with Crippen molar-refractivity contribution in [3.05, 3.63) is 51.7 Å². The average Bonchev–Trinajstić information content (AvgIpc) is 3.01. The number of nitrogens with one attached hydrogen (secondary N) is 1. The molecule has 0 saturated carbocycles. The summed E-state index contributed by atoms with van der Waals surface area (Å²) in [6.07, 6.45) is -4.39. The zero-order valence-corrected chi connectivity index (χ0v) is 17.7. The number of benzene rings is 1. The predicted molar refractivity (Wildman–Crippen MR) is 106 cm³/mol. The lowest BCUT2D eigenvalue weighted by Crippen LogP contribution is -2.41. The average molecular weight is 460 g/mol. The second-order valence-electron chi connectivity index (χ2n) is 7.18. The van der Waals surface area contributed by atoms with Gasteiger partial charge in [0.15, 0.2) is 5.60 Å². The van der Waals surface area contributed by atoms with Crippen LogP contribution in [0.3, 0.4) is 0 Å². The molecule has 0 fully saturated rings. The maximum absolute atomic E-state index is 14.0. The Morgan fingerprint density at radius 3 is 2.29 bits per heavy atom. The second-order valence-corrected chi connectivity index (χ2v) is 8.32. The van der Waals surface area contributed by atoms with Gasteiger partial charge >= 0.3 is 12.1 Å². The van der Waals surface area contributed by atoms with Crippen LogP contribution in [0.1, 0.15) is 47.1 Å². The number of hydrogen-bond acceptors (Lipinski definition) is 5. The van der Waals surface area contributed by atoms with Gasteiger partial charge in [-0.3, -0.25) is 14.4 Å². The SMILES string of the molecule is CC(=O)OC(C)(C)C(=O)Nc1sc(CCc2ccc(C(F)(F)F)cc2F)cc1C(N)=O. The summed E-state index contributed by atoms with van der Waals surface area (Å²) in [7, 11) is 0. The summed E-state index contributed by atoms with van der Waals surface area (Å²) in [6.45, 7) is 3.89. The molecule has 0 aliphatic carbocycles. The van der Waals surface area contributed by atoms with Gasteiger partial charge in [0.1, 0.15) is 10.8 Å². The van der Waals surface area contributed by atoms with E-state index in [0.717, 1.165) is 30.4 Å². The van der Waals surface area contributed by atoms with Crippen molar-refractivity contribution >= 4 is 34.1 Å². The number of hydrogen-bond donors (Lipinski definition) is 2. The van der Waals surface area contributed by atoms with Crippen LogP contribution in [0, 0.1) is 5.82 Å². The molecule has 0 spiro atoms. The van der Waals surface area contributed by atoms with Crippen molar-refractivity contribution in [3.63, 3.8) is 0 Å². The summed E-state index contributed by atoms with van der Waals surface area (Å²) in [6, 6.07) is 3.71. The van der Waals surface area contributed by atoms with E-state index >= 15 is 0 Å². The summed E-state index contributed by atoms with van der Waals surface area (Å²) in [4.78, 5) is 35.8. The Bertz CT molecular complexity index is 1020. The number of ether oxygens (including phenoxy) is 1. The molecular weight excluding hydrogens is 440 g/mol. The number of carbonyl (C=O) groups is 3. The number of esters is 1. The Balaban J connectivity index is 2.18. The number of rotatable bonds is 7. The number of primary amides is 1. The monoisotopic (exact) mass is 460 g/mol. The molecular formula is C20H20F4N2O4S. The fraction of sp³-hybridized carbons (Fsp3) is 0.350. The van der Waals surface area contributed by atoms with Gasteiger partial charge in [-0.1, -0.05) is 6.07 Å². The Kier molecular flexibility index (Phi) is 7.10. The predicted octanol–water partition coefficient (Wildman–Crippen LogP) is 4.07. The minimum atomic E-state index is -4.64. The molecule has 1 aromatic heterocycles. The molecule has 168 valence electrons. The first-order chi connectivity index (χ1) is 14.2. The molecule has 0 bridgehead atoms. The Hall–Kier alpha value is -2.95. The van der Waals surface area contributed by atoms with Gasteiger partial charge < -0.3 is 15.8 Å². The van der Waals surface area contributed by atoms with E-state index in [1.54, 1.807) is 0 Å². The van der Waals surface area contributed by atoms with Crippen LogP contribution >= 0.6 is 11.3 Å². The molecule has 1 aromatic carbocycles. The molecule has 6 nitrogen and oxygen atoms in total. The second kappa shape index (κ2) is 9.04. The first-order valence-corrected chi connectivity index (χ1v) is 9.81. The third-order valence-corrected chi connectivity index (χ3v) is 5.35. The van der Waals surface area contributed by atoms with Crippen molar-refractivity contribution in [2.24, 2.45) is 5.73 Å². The zero-order chi connectivity index (χ0) is 23.6. The summed E-state index contributed by atoms with van der Waals surface area (Å²) >= 11 is 1.01. The van der Waals surface area contributed by atoms with Crippen LogP contribution in [0.5, 0.6) is 0 Å². The molecule has 31 heavy (non-hydrogen) atoms. The standard InChI is InChI=1S/C20H20F4N2O4S/c1-10(27)30-19(2,3)18(29)26-17-14(16(25)28)9-13(31-17)7-5-11-4-6-12(8-15(11)21)20(22,23)24/h4,6,8-9H,5,7H2,1-3H3,(H2,25,28)(H,26,29). The molecule has 0 aliphatic rings. The molecule has 2 amide bonds. The van der Waals surface area contributed by atoms with Gasteiger partial charge in [0.25, 0.3) is 11.8 Å². The fourth-order valence-corrected chi connectivity index (χ4v) is 3.74. The van der Waals surface area contributed by atoms with Crippen LogP contribution in [0.15, 0.2) is 24.3 Å². The lowest BCUT2D eigenvalue weighted by atomic mass is 10.1. The highest BCUT2D eigenvalue weighted by atomic mass is 32.1. The number of nitrogens with two attached hydrogens (primary N) is 1. The Morgan fingerprint density at radius 1 is 1.13 bits per heavy atom. The van der Waals surface area contributed by atoms with E-state index in [9.17, 15) is 31.9 Å². The third-order valence-electron chi connectivity index (χ3n) is 4.24. The lowest BCUT2D eigenvalue weighted by molar-refractivity contribution is -0.160. The Labute approximate surface area is 179 Å². The fourth-order valence-electron chi connectivity index (χ4n) is 2.68. The van der Waals surface area contributed by atoms with Crippen LogP contribution in [0.2, 0.25) is 0 Å². The van der Waals surface area contributed by atoms with Crippen molar-refractivity contribution < 1.29 is 36.7 Å². The van der Waals surface area contributed by atoms with Gasteiger partial charge in [0.2, 0.25) is 0 Å². The lowest BCUT2D eigenvalue weighted by Gasteiger charge is -2.22. The van der Waals surface area contributed by atoms with E-state index in [-0.39, 0.29) is 29.0 Å². The van der Waals surface area contributed by atoms with E-state index in [0.29, 0.717) is 10.9 Å². The van der Waals surface area contributed by atoms with Gasteiger partial charge in [0.05, 0.1) is 11.1 Å². The van der Waals surface area contributed by atoms with Gasteiger partial charge in [-0.15, -0.1) is 11.3 Å². The van der Waals surface area contributed by atoms with Crippen molar-refractivity contribution in [1.29, 1.82) is 0 Å². The number of anilines is 1. The number of alkyl halides is 3. The third kappa shape index (κ3) is 6.27. The topological polar surface area (TPSA) is 98.5 Å². The number of amides is 2. The zero-order valence-electron chi connectivity index (χ0n) is 16.9. The molecule has 0 saturated heterocycles. The van der Waals surface area contributed by atoms with Crippen molar-refractivity contribution in [2.45, 2.75) is 45.4 Å². The normalized spacial score (nSPS) is 11.8. The number of thiophene rings is 1. The molecule has 3 N–H and O–H groups in total. The van der Waals surface area contributed by atoms with Gasteiger partial charge in [-0.25, -0.2) is 4.39 Å². The van der Waals surface area contributed by atoms with Crippen LogP contribution in [-0.2, 0) is 33.3 Å². The summed E-state index contributed by atoms with van der Waals surface area (Å²) < 4.78 is 57.0. The molecule has 2 aromatic rings. The van der Waals surface area contributed by atoms with E-state index in [4.69, 9.17) is 10.5 Å². The molecule has 11 heteroatoms. The summed E-state index contributed by atoms with van der Waals surface area (Å²) in [5.74, 6) is -3.16. The highest BCUT2D eigenvalue weighted by Crippen LogP contribution is 2.32. The molecule has 0 aliphatic heterocycles. The summed E-state index contributed by atoms with van der Waals surface area (Å²) in [5.41, 5.74) is 2.85. The van der Waals surface area contributed by atoms with Crippen molar-refractivity contribution in [1.82, 2.24) is 0 Å². The van der Waals surface area contributed by atoms with E-state index in [1.807, 2.05) is 0 Å². The van der Waals surface area contributed by atoms with Crippen molar-refractivity contribution in [3.8, 4) is 0 Å². The number of halogens is 4. The van der Waals surface area contributed by atoms with Gasteiger partial charge in [0, 0.05) is 11.8 Å². The van der Waals surface area contributed by atoms with Crippen LogP contribution < -0.4 is 11.1 Å². The van der Waals surface area contributed by atoms with Crippen LogP contribution in [0.25, 0.3) is 0 Å². The van der Waals surface area contributed by atoms with Gasteiger partial charge in [-0.2, -0.15) is 13.2 Å². The van der Waals surface area contributed by atoms with E-state index in [2.05, 4.69) is 5.32 Å². The van der Waals surface area contributed by atoms with Crippen LogP contribution in [0.4, 0.5) is 22.6 Å². The number of carbonyl (C=O) groups excluding carboxylic acids is 3. The van der Waals surface area contributed by atoms with Crippen molar-refractivity contribution in [2.75, 3.05) is 5.32 Å². The smallest absolute Gasteiger partial charge is 0.416 e. The first-order valence-electron chi connectivity index (χ1n) is 9.00. The Morgan fingerprint density at radius 2 is 1.77 bits per heavy atom. The van der Waals surface area contributed by atoms with E-state index < -0.39 is 40.9 Å². The molecule has 1 heterocycles. The molecule has 0 radical (unpaired) electrons.